The molecule has 84 valence electrons. The lowest BCUT2D eigenvalue weighted by atomic mass is 10.2. The number of fused-ring (bicyclic) bond motifs is 1. The zero-order chi connectivity index (χ0) is 10.7. The second-order valence-electron chi connectivity index (χ2n) is 3.27. The van der Waals surface area contributed by atoms with E-state index in [0.717, 1.165) is 10.9 Å². The highest BCUT2D eigenvalue weighted by Crippen LogP contribution is 2.07. The van der Waals surface area contributed by atoms with Crippen molar-refractivity contribution in [2.75, 3.05) is 7.11 Å². The maximum atomic E-state index is 11.2. The Balaban J connectivity index is 0.00000128. The van der Waals surface area contributed by atoms with Crippen molar-refractivity contribution in [3.63, 3.8) is 0 Å². The van der Waals surface area contributed by atoms with E-state index in [9.17, 15) is 4.79 Å². The highest BCUT2D eigenvalue weighted by molar-refractivity contribution is 5.75. The van der Waals surface area contributed by atoms with Gasteiger partial charge in [0.05, 0.1) is 7.11 Å². The zero-order valence-corrected chi connectivity index (χ0v) is 9.65. The quantitative estimate of drug-likeness (QED) is 0.461. The van der Waals surface area contributed by atoms with Crippen LogP contribution in [0.1, 0.15) is 0 Å². The standard InChI is InChI=1S/C12H12NO2.ClH/c1-15-12(14)9-13-8-4-6-10-5-2-3-7-11(10)13;/h2-8H,9H2,1H3;1H/q+1;/p-1. The average molecular weight is 238 g/mol. The predicted molar refractivity (Wildman–Crippen MR) is 56.2 cm³/mol. The third-order valence-electron chi connectivity index (χ3n) is 2.32. The number of methoxy groups -OCH3 is 1. The number of carbonyl (C=O) groups excluding carboxylic acids is 1. The maximum absolute atomic E-state index is 11.2. The fourth-order valence-electron chi connectivity index (χ4n) is 1.56. The number of hydrogen-bond donors (Lipinski definition) is 0. The molecular formula is C12H12ClNO2. The van der Waals surface area contributed by atoms with Crippen molar-refractivity contribution in [1.29, 1.82) is 0 Å². The van der Waals surface area contributed by atoms with E-state index >= 15 is 0 Å². The van der Waals surface area contributed by atoms with E-state index in [1.54, 1.807) is 0 Å². The molecule has 0 fully saturated rings. The fourth-order valence-corrected chi connectivity index (χ4v) is 1.56. The van der Waals surface area contributed by atoms with Gasteiger partial charge in [-0.2, -0.15) is 4.57 Å². The van der Waals surface area contributed by atoms with Crippen molar-refractivity contribution in [2.45, 2.75) is 6.54 Å². The highest BCUT2D eigenvalue weighted by atomic mass is 35.5. The van der Waals surface area contributed by atoms with E-state index in [1.807, 2.05) is 47.2 Å². The molecule has 1 aromatic carbocycles. The summed E-state index contributed by atoms with van der Waals surface area (Å²) in [5.41, 5.74) is 1.03. The molecule has 0 bridgehead atoms. The smallest absolute Gasteiger partial charge is 0.372 e. The summed E-state index contributed by atoms with van der Waals surface area (Å²) in [5, 5.41) is 1.11. The Bertz CT molecular complexity index is 494. The molecule has 2 aromatic rings. The topological polar surface area (TPSA) is 30.2 Å². The molecule has 0 atom stereocenters. The Morgan fingerprint density at radius 2 is 1.94 bits per heavy atom. The van der Waals surface area contributed by atoms with Gasteiger partial charge in [0, 0.05) is 17.5 Å². The van der Waals surface area contributed by atoms with Crippen LogP contribution in [-0.2, 0) is 16.1 Å². The lowest BCUT2D eigenvalue weighted by Crippen LogP contribution is -3.00. The van der Waals surface area contributed by atoms with Gasteiger partial charge < -0.3 is 17.1 Å². The number of rotatable bonds is 2. The first-order valence-electron chi connectivity index (χ1n) is 4.75. The number of para-hydroxylation sites is 1. The van der Waals surface area contributed by atoms with Crippen LogP contribution >= 0.6 is 0 Å². The summed E-state index contributed by atoms with van der Waals surface area (Å²) in [6.07, 6.45) is 1.87. The summed E-state index contributed by atoms with van der Waals surface area (Å²) in [5.74, 6) is -0.239. The molecule has 0 spiro atoms. The Labute approximate surface area is 100 Å². The molecule has 0 aliphatic rings. The van der Waals surface area contributed by atoms with Crippen LogP contribution < -0.4 is 17.0 Å². The van der Waals surface area contributed by atoms with Gasteiger partial charge in [0.2, 0.25) is 12.1 Å². The first kappa shape index (κ1) is 12.5. The molecule has 4 heteroatoms. The van der Waals surface area contributed by atoms with Crippen molar-refractivity contribution in [3.05, 3.63) is 42.6 Å². The van der Waals surface area contributed by atoms with Gasteiger partial charge >= 0.3 is 5.97 Å². The Morgan fingerprint density at radius 1 is 1.25 bits per heavy atom. The van der Waals surface area contributed by atoms with E-state index in [-0.39, 0.29) is 24.9 Å². The van der Waals surface area contributed by atoms with Gasteiger partial charge in [0.15, 0.2) is 6.20 Å². The number of aromatic nitrogens is 1. The number of carbonyl (C=O) groups is 1. The first-order valence-corrected chi connectivity index (χ1v) is 4.75. The van der Waals surface area contributed by atoms with Crippen LogP contribution in [0.3, 0.4) is 0 Å². The Hall–Kier alpha value is -1.61. The van der Waals surface area contributed by atoms with Crippen LogP contribution in [-0.4, -0.2) is 13.1 Å². The fraction of sp³-hybridized carbons (Fsp3) is 0.167. The summed E-state index contributed by atoms with van der Waals surface area (Å²) >= 11 is 0. The number of benzene rings is 1. The second kappa shape index (κ2) is 5.47. The van der Waals surface area contributed by atoms with Crippen LogP contribution in [0.25, 0.3) is 10.9 Å². The van der Waals surface area contributed by atoms with Crippen LogP contribution in [0.5, 0.6) is 0 Å². The largest absolute Gasteiger partial charge is 1.00 e. The van der Waals surface area contributed by atoms with E-state index in [4.69, 9.17) is 0 Å². The molecule has 0 saturated carbocycles. The molecule has 1 heterocycles. The molecule has 0 N–H and O–H groups in total. The summed E-state index contributed by atoms with van der Waals surface area (Å²) in [6.45, 7) is 0.248. The maximum Gasteiger partial charge on any atom is 0.372 e. The minimum atomic E-state index is -0.239. The number of hydrogen-bond acceptors (Lipinski definition) is 2. The zero-order valence-electron chi connectivity index (χ0n) is 8.89. The van der Waals surface area contributed by atoms with Crippen molar-refractivity contribution in [2.24, 2.45) is 0 Å². The van der Waals surface area contributed by atoms with Crippen LogP contribution in [0, 0.1) is 0 Å². The van der Waals surface area contributed by atoms with Crippen LogP contribution in [0.15, 0.2) is 42.6 Å². The molecule has 0 amide bonds. The van der Waals surface area contributed by atoms with Crippen molar-refractivity contribution < 1.29 is 26.5 Å². The monoisotopic (exact) mass is 237 g/mol. The Morgan fingerprint density at radius 3 is 2.69 bits per heavy atom. The molecule has 3 nitrogen and oxygen atoms in total. The molecule has 0 aliphatic heterocycles. The predicted octanol–water partition coefficient (Wildman–Crippen LogP) is -1.70. The first-order chi connectivity index (χ1) is 7.31. The van der Waals surface area contributed by atoms with Crippen LogP contribution in [0.2, 0.25) is 0 Å². The molecule has 0 aliphatic carbocycles. The molecular weight excluding hydrogens is 226 g/mol. The third kappa shape index (κ3) is 2.49. The van der Waals surface area contributed by atoms with E-state index in [0.29, 0.717) is 0 Å². The van der Waals surface area contributed by atoms with Crippen molar-refractivity contribution in [3.8, 4) is 0 Å². The number of esters is 1. The Kier molecular flexibility index (Phi) is 4.26. The minimum Gasteiger partial charge on any atom is -1.00 e. The molecule has 16 heavy (non-hydrogen) atoms. The van der Waals surface area contributed by atoms with Gasteiger partial charge in [-0.05, 0) is 12.1 Å². The van der Waals surface area contributed by atoms with E-state index in [2.05, 4.69) is 4.74 Å². The molecule has 2 rings (SSSR count). The SMILES string of the molecule is COC(=O)C[n+]1cccc2ccccc21.[Cl-]. The van der Waals surface area contributed by atoms with Crippen LogP contribution in [0.4, 0.5) is 0 Å². The average Bonchev–Trinajstić information content (AvgIpc) is 2.29. The number of halogens is 1. The molecule has 1 aromatic heterocycles. The molecule has 0 unspecified atom stereocenters. The molecule has 0 radical (unpaired) electrons. The normalized spacial score (nSPS) is 9.56. The number of ether oxygens (including phenoxy) is 1. The number of nitrogens with zero attached hydrogens (tertiary/aromatic N) is 1. The van der Waals surface area contributed by atoms with Gasteiger partial charge in [0.1, 0.15) is 0 Å². The van der Waals surface area contributed by atoms with Gasteiger partial charge in [-0.15, -0.1) is 0 Å². The summed E-state index contributed by atoms with van der Waals surface area (Å²) in [6, 6.07) is 11.9. The lowest BCUT2D eigenvalue weighted by Gasteiger charge is -1.99. The second-order valence-corrected chi connectivity index (χ2v) is 3.27. The van der Waals surface area contributed by atoms with Crippen molar-refractivity contribution in [1.82, 2.24) is 0 Å². The van der Waals surface area contributed by atoms with Crippen molar-refractivity contribution >= 4 is 16.9 Å². The highest BCUT2D eigenvalue weighted by Gasteiger charge is 2.12. The summed E-state index contributed by atoms with van der Waals surface area (Å²) in [4.78, 5) is 11.2. The minimum absolute atomic E-state index is 0. The lowest BCUT2D eigenvalue weighted by molar-refractivity contribution is -0.660. The summed E-state index contributed by atoms with van der Waals surface area (Å²) in [7, 11) is 1.40. The molecule has 0 saturated heterocycles. The van der Waals surface area contributed by atoms with Gasteiger partial charge in [-0.1, -0.05) is 12.1 Å². The third-order valence-corrected chi connectivity index (χ3v) is 2.32. The summed E-state index contributed by atoms with van der Waals surface area (Å²) < 4.78 is 6.52. The number of pyridine rings is 1. The van der Waals surface area contributed by atoms with E-state index in [1.165, 1.54) is 7.11 Å². The van der Waals surface area contributed by atoms with Gasteiger partial charge in [-0.25, -0.2) is 4.79 Å². The van der Waals surface area contributed by atoms with Gasteiger partial charge in [-0.3, -0.25) is 0 Å². The van der Waals surface area contributed by atoms with Gasteiger partial charge in [0.25, 0.3) is 0 Å². The van der Waals surface area contributed by atoms with E-state index < -0.39 is 0 Å².